The summed E-state index contributed by atoms with van der Waals surface area (Å²) >= 11 is 0. The standard InChI is InChI=1S/C11H22O2/c1-9(7-11(3,4)5)6-10(2)13-8-12/h8-10H,6-7H2,1-5H3. The molecule has 0 aliphatic carbocycles. The fraction of sp³-hybridized carbons (Fsp3) is 0.909. The van der Waals surface area contributed by atoms with Gasteiger partial charge >= 0.3 is 0 Å². The Kier molecular flexibility index (Phi) is 5.04. The van der Waals surface area contributed by atoms with Crippen molar-refractivity contribution >= 4 is 6.47 Å². The van der Waals surface area contributed by atoms with Gasteiger partial charge in [0.15, 0.2) is 0 Å². The van der Waals surface area contributed by atoms with Gasteiger partial charge in [-0.1, -0.05) is 27.7 Å². The molecule has 13 heavy (non-hydrogen) atoms. The lowest BCUT2D eigenvalue weighted by Crippen LogP contribution is -2.17. The summed E-state index contributed by atoms with van der Waals surface area (Å²) in [5.41, 5.74) is 0.361. The molecule has 0 N–H and O–H groups in total. The van der Waals surface area contributed by atoms with Crippen LogP contribution in [0.25, 0.3) is 0 Å². The largest absolute Gasteiger partial charge is 0.465 e. The van der Waals surface area contributed by atoms with Gasteiger partial charge in [0.25, 0.3) is 6.47 Å². The molecule has 0 heterocycles. The van der Waals surface area contributed by atoms with Crippen molar-refractivity contribution in [1.82, 2.24) is 0 Å². The van der Waals surface area contributed by atoms with Crippen LogP contribution in [-0.4, -0.2) is 12.6 Å². The summed E-state index contributed by atoms with van der Waals surface area (Å²) in [6, 6.07) is 0. The van der Waals surface area contributed by atoms with Gasteiger partial charge in [-0.05, 0) is 31.1 Å². The predicted molar refractivity (Wildman–Crippen MR) is 54.5 cm³/mol. The first-order valence-electron chi connectivity index (χ1n) is 4.94. The molecule has 0 rings (SSSR count). The summed E-state index contributed by atoms with van der Waals surface area (Å²) in [4.78, 5) is 10.1. The maximum Gasteiger partial charge on any atom is 0.293 e. The molecule has 0 saturated heterocycles. The number of carbonyl (C=O) groups is 1. The molecule has 0 bridgehead atoms. The Labute approximate surface area is 81.7 Å². The molecule has 2 unspecified atom stereocenters. The van der Waals surface area contributed by atoms with Crippen LogP contribution in [0.1, 0.15) is 47.5 Å². The average molecular weight is 186 g/mol. The second kappa shape index (κ2) is 5.25. The van der Waals surface area contributed by atoms with Crippen LogP contribution in [0.2, 0.25) is 0 Å². The third-order valence-electron chi connectivity index (χ3n) is 1.98. The highest BCUT2D eigenvalue weighted by Gasteiger charge is 2.17. The molecule has 0 fully saturated rings. The highest BCUT2D eigenvalue weighted by Crippen LogP contribution is 2.26. The Morgan fingerprint density at radius 2 is 1.85 bits per heavy atom. The van der Waals surface area contributed by atoms with Crippen LogP contribution < -0.4 is 0 Å². The fourth-order valence-corrected chi connectivity index (χ4v) is 1.85. The average Bonchev–Trinajstić information content (AvgIpc) is 1.81. The molecular formula is C11H22O2. The molecule has 0 saturated carbocycles. The van der Waals surface area contributed by atoms with Crippen molar-refractivity contribution in [1.29, 1.82) is 0 Å². The number of hydrogen-bond donors (Lipinski definition) is 0. The second-order valence-electron chi connectivity index (χ2n) is 5.15. The van der Waals surface area contributed by atoms with Gasteiger partial charge in [0.05, 0.1) is 6.10 Å². The van der Waals surface area contributed by atoms with Crippen LogP contribution in [0, 0.1) is 11.3 Å². The molecule has 2 nitrogen and oxygen atoms in total. The number of carbonyl (C=O) groups excluding carboxylic acids is 1. The van der Waals surface area contributed by atoms with Gasteiger partial charge in [0.2, 0.25) is 0 Å². The smallest absolute Gasteiger partial charge is 0.293 e. The Bertz CT molecular complexity index is 147. The maximum atomic E-state index is 10.1. The Morgan fingerprint density at radius 3 is 2.23 bits per heavy atom. The molecule has 0 aromatic carbocycles. The number of rotatable bonds is 5. The van der Waals surface area contributed by atoms with Crippen LogP contribution in [0.5, 0.6) is 0 Å². The maximum absolute atomic E-state index is 10.1. The minimum absolute atomic E-state index is 0.0508. The van der Waals surface area contributed by atoms with Crippen molar-refractivity contribution in [2.75, 3.05) is 0 Å². The van der Waals surface area contributed by atoms with E-state index in [1.165, 1.54) is 6.42 Å². The minimum atomic E-state index is 0.0508. The highest BCUT2D eigenvalue weighted by molar-refractivity contribution is 5.37. The molecule has 2 atom stereocenters. The molecule has 0 amide bonds. The first kappa shape index (κ1) is 12.5. The van der Waals surface area contributed by atoms with Crippen molar-refractivity contribution in [3.05, 3.63) is 0 Å². The van der Waals surface area contributed by atoms with Gasteiger partial charge < -0.3 is 4.74 Å². The van der Waals surface area contributed by atoms with Crippen LogP contribution in [-0.2, 0) is 9.53 Å². The lowest BCUT2D eigenvalue weighted by Gasteiger charge is -2.24. The summed E-state index contributed by atoms with van der Waals surface area (Å²) in [5, 5.41) is 0. The molecule has 0 spiro atoms. The summed E-state index contributed by atoms with van der Waals surface area (Å²) in [6.45, 7) is 11.4. The SMILES string of the molecule is CC(CC(C)OC=O)CC(C)(C)C. The minimum Gasteiger partial charge on any atom is -0.465 e. The lowest BCUT2D eigenvalue weighted by molar-refractivity contribution is -0.133. The summed E-state index contributed by atoms with van der Waals surface area (Å²) in [5.74, 6) is 0.606. The summed E-state index contributed by atoms with van der Waals surface area (Å²) in [7, 11) is 0. The predicted octanol–water partition coefficient (Wildman–Crippen LogP) is 3.01. The molecule has 0 aromatic rings. The van der Waals surface area contributed by atoms with Crippen LogP contribution in [0.4, 0.5) is 0 Å². The van der Waals surface area contributed by atoms with Crippen molar-refractivity contribution in [3.63, 3.8) is 0 Å². The molecule has 0 aliphatic heterocycles. The first-order valence-corrected chi connectivity index (χ1v) is 4.94. The Balaban J connectivity index is 3.73. The monoisotopic (exact) mass is 186 g/mol. The third kappa shape index (κ3) is 7.82. The van der Waals surface area contributed by atoms with Crippen LogP contribution >= 0.6 is 0 Å². The zero-order valence-electron chi connectivity index (χ0n) is 9.46. The third-order valence-corrected chi connectivity index (χ3v) is 1.98. The molecule has 0 radical (unpaired) electrons. The van der Waals surface area contributed by atoms with Crippen molar-refractivity contribution in [2.24, 2.45) is 11.3 Å². The number of hydrogen-bond acceptors (Lipinski definition) is 2. The molecule has 0 aromatic heterocycles. The van der Waals surface area contributed by atoms with Gasteiger partial charge in [0.1, 0.15) is 0 Å². The molecule has 78 valence electrons. The van der Waals surface area contributed by atoms with Gasteiger partial charge in [-0.25, -0.2) is 0 Å². The van der Waals surface area contributed by atoms with E-state index in [0.29, 0.717) is 17.8 Å². The Morgan fingerprint density at radius 1 is 1.31 bits per heavy atom. The van der Waals surface area contributed by atoms with E-state index >= 15 is 0 Å². The van der Waals surface area contributed by atoms with E-state index in [9.17, 15) is 4.79 Å². The van der Waals surface area contributed by atoms with E-state index in [4.69, 9.17) is 4.74 Å². The second-order valence-corrected chi connectivity index (χ2v) is 5.15. The van der Waals surface area contributed by atoms with Crippen molar-refractivity contribution in [3.8, 4) is 0 Å². The Hall–Kier alpha value is -0.530. The van der Waals surface area contributed by atoms with Gasteiger partial charge in [0, 0.05) is 0 Å². The van der Waals surface area contributed by atoms with Gasteiger partial charge in [-0.2, -0.15) is 0 Å². The summed E-state index contributed by atoms with van der Waals surface area (Å²) < 4.78 is 4.85. The quantitative estimate of drug-likeness (QED) is 0.617. The normalized spacial score (nSPS) is 16.4. The zero-order chi connectivity index (χ0) is 10.5. The van der Waals surface area contributed by atoms with E-state index in [0.717, 1.165) is 6.42 Å². The van der Waals surface area contributed by atoms with E-state index in [1.807, 2.05) is 6.92 Å². The lowest BCUT2D eigenvalue weighted by atomic mass is 9.83. The van der Waals surface area contributed by atoms with Crippen molar-refractivity contribution in [2.45, 2.75) is 53.6 Å². The summed E-state index contributed by atoms with van der Waals surface area (Å²) in [6.07, 6.45) is 2.17. The van der Waals surface area contributed by atoms with E-state index in [2.05, 4.69) is 27.7 Å². The van der Waals surface area contributed by atoms with Gasteiger partial charge in [-0.3, -0.25) is 4.79 Å². The number of ether oxygens (including phenoxy) is 1. The molecular weight excluding hydrogens is 164 g/mol. The van der Waals surface area contributed by atoms with E-state index in [1.54, 1.807) is 0 Å². The van der Waals surface area contributed by atoms with E-state index < -0.39 is 0 Å². The molecule has 0 aliphatic rings. The molecule has 2 heteroatoms. The first-order chi connectivity index (χ1) is 5.85. The van der Waals surface area contributed by atoms with Gasteiger partial charge in [-0.15, -0.1) is 0 Å². The fourth-order valence-electron chi connectivity index (χ4n) is 1.85. The van der Waals surface area contributed by atoms with Crippen molar-refractivity contribution < 1.29 is 9.53 Å². The topological polar surface area (TPSA) is 26.3 Å². The zero-order valence-corrected chi connectivity index (χ0v) is 9.46. The van der Waals surface area contributed by atoms with Crippen LogP contribution in [0.3, 0.4) is 0 Å². The van der Waals surface area contributed by atoms with E-state index in [-0.39, 0.29) is 6.10 Å². The van der Waals surface area contributed by atoms with Crippen LogP contribution in [0.15, 0.2) is 0 Å². The highest BCUT2D eigenvalue weighted by atomic mass is 16.5.